The number of aryl methyl sites for hydroxylation is 1. The van der Waals surface area contributed by atoms with Gasteiger partial charge in [-0.3, -0.25) is 24.1 Å². The highest BCUT2D eigenvalue weighted by Gasteiger charge is 2.55. The summed E-state index contributed by atoms with van der Waals surface area (Å²) in [5.74, 6) is -3.62. The zero-order chi connectivity index (χ0) is 30.2. The predicted molar refractivity (Wildman–Crippen MR) is 140 cm³/mol. The van der Waals surface area contributed by atoms with Crippen LogP contribution in [0.1, 0.15) is 81.0 Å². The standard InChI is InChI=1S/C30H23F3N2O6/c1-14-10-16(28(40)41-5)11-23(15(14)2)35-26(38)20-9-7-18(13-22(20)27(35)39)29(3,30(31,32)33)17-6-8-19-21(12-17)25(37)34(4)24(19)36/h6-13H,1-5H3. The summed E-state index contributed by atoms with van der Waals surface area (Å²) in [6.07, 6.45) is -4.90. The topological polar surface area (TPSA) is 101 Å². The number of amides is 4. The number of carbonyl (C=O) groups is 5. The van der Waals surface area contributed by atoms with Crippen LogP contribution in [0.2, 0.25) is 0 Å². The number of anilines is 1. The van der Waals surface area contributed by atoms with E-state index in [0.717, 1.165) is 47.1 Å². The number of rotatable bonds is 4. The summed E-state index contributed by atoms with van der Waals surface area (Å²) in [5.41, 5.74) is -2.53. The Morgan fingerprint density at radius 1 is 0.756 bits per heavy atom. The van der Waals surface area contributed by atoms with Gasteiger partial charge < -0.3 is 4.74 Å². The molecule has 4 amide bonds. The number of fused-ring (bicyclic) bond motifs is 2. The zero-order valence-corrected chi connectivity index (χ0v) is 22.6. The quantitative estimate of drug-likeness (QED) is 0.327. The molecule has 5 rings (SSSR count). The van der Waals surface area contributed by atoms with E-state index in [2.05, 4.69) is 0 Å². The summed E-state index contributed by atoms with van der Waals surface area (Å²) < 4.78 is 49.2. The van der Waals surface area contributed by atoms with Gasteiger partial charge in [0.15, 0.2) is 0 Å². The fourth-order valence-electron chi connectivity index (χ4n) is 5.25. The minimum atomic E-state index is -4.90. The van der Waals surface area contributed by atoms with E-state index in [-0.39, 0.29) is 44.6 Å². The van der Waals surface area contributed by atoms with Crippen molar-refractivity contribution in [3.63, 3.8) is 0 Å². The Hall–Kier alpha value is -4.80. The van der Waals surface area contributed by atoms with Gasteiger partial charge in [0.1, 0.15) is 5.41 Å². The van der Waals surface area contributed by atoms with Gasteiger partial charge in [0.25, 0.3) is 23.6 Å². The minimum Gasteiger partial charge on any atom is -0.465 e. The molecule has 11 heteroatoms. The second-order valence-electron chi connectivity index (χ2n) is 10.2. The number of hydrogen-bond acceptors (Lipinski definition) is 6. The number of alkyl halides is 3. The van der Waals surface area contributed by atoms with Crippen LogP contribution in [-0.4, -0.2) is 54.8 Å². The molecule has 2 aliphatic heterocycles. The lowest BCUT2D eigenvalue weighted by Gasteiger charge is -2.33. The van der Waals surface area contributed by atoms with Crippen LogP contribution in [0.4, 0.5) is 18.9 Å². The molecule has 0 saturated carbocycles. The van der Waals surface area contributed by atoms with Gasteiger partial charge in [0, 0.05) is 7.05 Å². The monoisotopic (exact) mass is 564 g/mol. The third kappa shape index (κ3) is 3.86. The number of imide groups is 2. The van der Waals surface area contributed by atoms with Crippen molar-refractivity contribution in [3.8, 4) is 0 Å². The van der Waals surface area contributed by atoms with Crippen molar-refractivity contribution in [1.82, 2.24) is 4.90 Å². The molecule has 0 aliphatic carbocycles. The Kier molecular flexibility index (Phi) is 6.17. The van der Waals surface area contributed by atoms with Crippen LogP contribution in [0.3, 0.4) is 0 Å². The zero-order valence-electron chi connectivity index (χ0n) is 22.6. The number of benzene rings is 3. The first-order chi connectivity index (χ1) is 19.1. The summed E-state index contributed by atoms with van der Waals surface area (Å²) >= 11 is 0. The van der Waals surface area contributed by atoms with Gasteiger partial charge in [-0.05, 0) is 79.4 Å². The third-order valence-electron chi connectivity index (χ3n) is 8.00. The molecule has 0 aromatic heterocycles. The molecule has 0 N–H and O–H groups in total. The van der Waals surface area contributed by atoms with Crippen LogP contribution in [0.15, 0.2) is 48.5 Å². The molecule has 3 aromatic carbocycles. The summed E-state index contributed by atoms with van der Waals surface area (Å²) in [6.45, 7) is 4.25. The molecule has 0 radical (unpaired) electrons. The molecule has 210 valence electrons. The third-order valence-corrected chi connectivity index (χ3v) is 8.00. The van der Waals surface area contributed by atoms with E-state index in [4.69, 9.17) is 4.74 Å². The summed E-state index contributed by atoms with van der Waals surface area (Å²) in [5, 5.41) is 0. The van der Waals surface area contributed by atoms with Crippen molar-refractivity contribution in [3.05, 3.63) is 98.6 Å². The number of esters is 1. The van der Waals surface area contributed by atoms with E-state index in [1.54, 1.807) is 19.9 Å². The summed E-state index contributed by atoms with van der Waals surface area (Å²) in [6, 6.07) is 9.55. The molecule has 3 aromatic rings. The van der Waals surface area contributed by atoms with Crippen LogP contribution in [0.5, 0.6) is 0 Å². The van der Waals surface area contributed by atoms with Crippen molar-refractivity contribution < 1.29 is 41.9 Å². The maximum Gasteiger partial charge on any atom is 0.402 e. The largest absolute Gasteiger partial charge is 0.465 e. The van der Waals surface area contributed by atoms with Crippen molar-refractivity contribution >= 4 is 35.3 Å². The molecule has 1 atom stereocenters. The van der Waals surface area contributed by atoms with Crippen molar-refractivity contribution in [2.24, 2.45) is 0 Å². The molecule has 2 heterocycles. The smallest absolute Gasteiger partial charge is 0.402 e. The molecule has 8 nitrogen and oxygen atoms in total. The molecular weight excluding hydrogens is 541 g/mol. The number of carbonyl (C=O) groups excluding carboxylic acids is 5. The van der Waals surface area contributed by atoms with Gasteiger partial charge in [-0.15, -0.1) is 0 Å². The first-order valence-corrected chi connectivity index (χ1v) is 12.4. The van der Waals surface area contributed by atoms with E-state index in [1.165, 1.54) is 26.3 Å². The number of methoxy groups -OCH3 is 1. The Morgan fingerprint density at radius 3 is 1.78 bits per heavy atom. The van der Waals surface area contributed by atoms with Gasteiger partial charge in [-0.1, -0.05) is 12.1 Å². The second-order valence-corrected chi connectivity index (χ2v) is 10.2. The van der Waals surface area contributed by atoms with Crippen molar-refractivity contribution in [1.29, 1.82) is 0 Å². The van der Waals surface area contributed by atoms with Crippen molar-refractivity contribution in [2.45, 2.75) is 32.4 Å². The highest BCUT2D eigenvalue weighted by Crippen LogP contribution is 2.48. The number of halogens is 3. The maximum atomic E-state index is 14.8. The molecule has 41 heavy (non-hydrogen) atoms. The lowest BCUT2D eigenvalue weighted by molar-refractivity contribution is -0.173. The Labute approximate surface area is 232 Å². The Balaban J connectivity index is 1.64. The summed E-state index contributed by atoms with van der Waals surface area (Å²) in [7, 11) is 2.43. The van der Waals surface area contributed by atoms with E-state index in [9.17, 15) is 37.1 Å². The molecule has 0 bridgehead atoms. The van der Waals surface area contributed by atoms with E-state index in [0.29, 0.717) is 11.1 Å². The number of nitrogens with zero attached hydrogens (tertiary/aromatic N) is 2. The molecule has 1 unspecified atom stereocenters. The van der Waals surface area contributed by atoms with Crippen LogP contribution >= 0.6 is 0 Å². The Bertz CT molecular complexity index is 1730. The molecule has 2 aliphatic rings. The number of hydrogen-bond donors (Lipinski definition) is 0. The van der Waals surface area contributed by atoms with Crippen LogP contribution < -0.4 is 4.90 Å². The Morgan fingerprint density at radius 2 is 1.24 bits per heavy atom. The van der Waals surface area contributed by atoms with Gasteiger partial charge in [0.05, 0.1) is 40.6 Å². The van der Waals surface area contributed by atoms with Gasteiger partial charge in [-0.25, -0.2) is 9.69 Å². The molecular formula is C30H23F3N2O6. The molecule has 0 saturated heterocycles. The first-order valence-electron chi connectivity index (χ1n) is 12.4. The average Bonchev–Trinajstić information content (AvgIpc) is 3.31. The van der Waals surface area contributed by atoms with Crippen LogP contribution in [0.25, 0.3) is 0 Å². The average molecular weight is 565 g/mol. The predicted octanol–water partition coefficient (Wildman–Crippen LogP) is 4.98. The van der Waals surface area contributed by atoms with Gasteiger partial charge in [-0.2, -0.15) is 13.2 Å². The van der Waals surface area contributed by atoms with Crippen LogP contribution in [0, 0.1) is 13.8 Å². The van der Waals surface area contributed by atoms with E-state index >= 15 is 0 Å². The molecule has 0 fully saturated rings. The SMILES string of the molecule is COC(=O)c1cc(C)c(C)c(N2C(=O)c3ccc(C(C)(c4ccc5c(c4)C(=O)N(C)C5=O)C(F)(F)F)cc3C2=O)c1. The lowest BCUT2D eigenvalue weighted by atomic mass is 9.74. The maximum absolute atomic E-state index is 14.8. The van der Waals surface area contributed by atoms with Gasteiger partial charge in [0.2, 0.25) is 0 Å². The number of ether oxygens (including phenoxy) is 1. The highest BCUT2D eigenvalue weighted by atomic mass is 19.4. The van der Waals surface area contributed by atoms with Gasteiger partial charge >= 0.3 is 12.1 Å². The summed E-state index contributed by atoms with van der Waals surface area (Å²) in [4.78, 5) is 65.6. The first kappa shape index (κ1) is 27.8. The van der Waals surface area contributed by atoms with E-state index in [1.807, 2.05) is 0 Å². The fraction of sp³-hybridized carbons (Fsp3) is 0.233. The van der Waals surface area contributed by atoms with Crippen molar-refractivity contribution in [2.75, 3.05) is 19.1 Å². The highest BCUT2D eigenvalue weighted by molar-refractivity contribution is 6.35. The minimum absolute atomic E-state index is 0.00371. The second kappa shape index (κ2) is 9.12. The normalized spacial score (nSPS) is 16.2. The van der Waals surface area contributed by atoms with Crippen LogP contribution in [-0.2, 0) is 10.2 Å². The lowest BCUT2D eigenvalue weighted by Crippen LogP contribution is -2.41. The fourth-order valence-corrected chi connectivity index (χ4v) is 5.25. The van der Waals surface area contributed by atoms with E-state index < -0.39 is 41.2 Å². The molecule has 0 spiro atoms.